The summed E-state index contributed by atoms with van der Waals surface area (Å²) in [4.78, 5) is 4.01. The van der Waals surface area contributed by atoms with E-state index in [9.17, 15) is 17.3 Å². The first kappa shape index (κ1) is 12.7. The maximum Gasteiger partial charge on any atom is 0.673 e. The van der Waals surface area contributed by atoms with Crippen LogP contribution >= 0.6 is 0 Å². The van der Waals surface area contributed by atoms with Gasteiger partial charge in [-0.2, -0.15) is 0 Å². The van der Waals surface area contributed by atoms with Gasteiger partial charge in [0.25, 0.3) is 0 Å². The standard InChI is InChI=1S/C6H14N2.BF4/c1-7-4-3-5-8(2)6-7;2-1(3,4)5/h3-6H2,1-2H3;/q;-1/p+1. The molecule has 1 saturated heterocycles. The van der Waals surface area contributed by atoms with Crippen molar-refractivity contribution in [2.45, 2.75) is 6.42 Å². The number of quaternary nitrogens is 1. The number of hydrogen-bond acceptors (Lipinski definition) is 1. The smallest absolute Gasteiger partial charge is 0.418 e. The van der Waals surface area contributed by atoms with Crippen LogP contribution in [0.4, 0.5) is 17.3 Å². The summed E-state index contributed by atoms with van der Waals surface area (Å²) in [6.45, 7) is 3.86. The summed E-state index contributed by atoms with van der Waals surface area (Å²) in [7, 11) is -1.57. The molecule has 0 aromatic carbocycles. The van der Waals surface area contributed by atoms with Gasteiger partial charge in [-0.25, -0.2) is 0 Å². The van der Waals surface area contributed by atoms with Crippen LogP contribution in [0, 0.1) is 0 Å². The maximum atomic E-state index is 9.75. The minimum Gasteiger partial charge on any atom is -0.418 e. The fraction of sp³-hybridized carbons (Fsp3) is 1.00. The van der Waals surface area contributed by atoms with Crippen LogP contribution in [0.15, 0.2) is 0 Å². The minimum atomic E-state index is -6.00. The summed E-state index contributed by atoms with van der Waals surface area (Å²) < 4.78 is 39.0. The molecular formula is C6H15BF4N2. The molecule has 0 bridgehead atoms. The van der Waals surface area contributed by atoms with E-state index in [1.165, 1.54) is 26.2 Å². The molecule has 0 aromatic heterocycles. The van der Waals surface area contributed by atoms with E-state index in [2.05, 4.69) is 19.0 Å². The minimum absolute atomic E-state index is 1.22. The van der Waals surface area contributed by atoms with Crippen LogP contribution in [0.3, 0.4) is 0 Å². The van der Waals surface area contributed by atoms with Crippen molar-refractivity contribution in [3.8, 4) is 0 Å². The van der Waals surface area contributed by atoms with E-state index >= 15 is 0 Å². The highest BCUT2D eigenvalue weighted by atomic mass is 19.5. The van der Waals surface area contributed by atoms with E-state index in [4.69, 9.17) is 0 Å². The average molecular weight is 202 g/mol. The van der Waals surface area contributed by atoms with Gasteiger partial charge >= 0.3 is 7.25 Å². The van der Waals surface area contributed by atoms with Gasteiger partial charge in [-0.3, -0.25) is 4.90 Å². The fourth-order valence-corrected chi connectivity index (χ4v) is 1.27. The summed E-state index contributed by atoms with van der Waals surface area (Å²) in [6.07, 6.45) is 1.36. The van der Waals surface area contributed by atoms with E-state index in [0.717, 1.165) is 0 Å². The van der Waals surface area contributed by atoms with Crippen molar-refractivity contribution in [3.05, 3.63) is 0 Å². The predicted molar refractivity (Wildman–Crippen MR) is 44.1 cm³/mol. The first-order valence-corrected chi connectivity index (χ1v) is 4.16. The molecule has 0 saturated carbocycles. The Balaban J connectivity index is 0.000000252. The van der Waals surface area contributed by atoms with E-state index in [1.807, 2.05) is 0 Å². The first-order valence-electron chi connectivity index (χ1n) is 4.16. The SMILES string of the molecule is CN1CCC[NH+](C)C1.F[B-](F)(F)F. The van der Waals surface area contributed by atoms with Crippen molar-refractivity contribution in [1.82, 2.24) is 4.90 Å². The van der Waals surface area contributed by atoms with E-state index in [0.29, 0.717) is 0 Å². The second-order valence-corrected chi connectivity index (χ2v) is 3.29. The zero-order chi connectivity index (χ0) is 10.5. The quantitative estimate of drug-likeness (QED) is 0.432. The van der Waals surface area contributed by atoms with E-state index < -0.39 is 7.25 Å². The van der Waals surface area contributed by atoms with Crippen molar-refractivity contribution in [1.29, 1.82) is 0 Å². The lowest BCUT2D eigenvalue weighted by Crippen LogP contribution is -3.11. The molecule has 0 radical (unpaired) electrons. The number of rotatable bonds is 0. The summed E-state index contributed by atoms with van der Waals surface area (Å²) in [5, 5.41) is 0. The monoisotopic (exact) mass is 202 g/mol. The molecular weight excluding hydrogens is 187 g/mol. The van der Waals surface area contributed by atoms with E-state index in [-0.39, 0.29) is 0 Å². The molecule has 1 unspecified atom stereocenters. The van der Waals surface area contributed by atoms with Crippen LogP contribution in [0.1, 0.15) is 6.42 Å². The molecule has 0 aromatic rings. The van der Waals surface area contributed by atoms with Gasteiger partial charge in [0.05, 0.1) is 13.6 Å². The second kappa shape index (κ2) is 5.44. The lowest BCUT2D eigenvalue weighted by Gasteiger charge is -2.26. The Kier molecular flexibility index (Phi) is 5.31. The Bertz CT molecular complexity index is 127. The molecule has 7 heteroatoms. The molecule has 1 rings (SSSR count). The summed E-state index contributed by atoms with van der Waals surface area (Å²) >= 11 is 0. The zero-order valence-electron chi connectivity index (χ0n) is 7.86. The van der Waals surface area contributed by atoms with Gasteiger partial charge in [0.15, 0.2) is 0 Å². The van der Waals surface area contributed by atoms with Gasteiger partial charge in [-0.15, -0.1) is 0 Å². The largest absolute Gasteiger partial charge is 0.673 e. The third-order valence-electron chi connectivity index (χ3n) is 1.68. The number of halogens is 4. The maximum absolute atomic E-state index is 9.75. The van der Waals surface area contributed by atoms with Crippen LogP contribution in [-0.4, -0.2) is 46.0 Å². The molecule has 1 fully saturated rings. The first-order chi connectivity index (χ1) is 5.79. The average Bonchev–Trinajstić information content (AvgIpc) is 1.81. The molecule has 0 amide bonds. The molecule has 0 aliphatic carbocycles. The molecule has 13 heavy (non-hydrogen) atoms. The summed E-state index contributed by atoms with van der Waals surface area (Å²) in [6, 6.07) is 0. The molecule has 1 aliphatic rings. The number of nitrogens with zero attached hydrogens (tertiary/aromatic N) is 1. The third kappa shape index (κ3) is 11.7. The van der Waals surface area contributed by atoms with Crippen LogP contribution in [0.25, 0.3) is 0 Å². The predicted octanol–water partition coefficient (Wildman–Crippen LogP) is 0.0941. The number of hydrogen-bond donors (Lipinski definition) is 1. The molecule has 1 aliphatic heterocycles. The van der Waals surface area contributed by atoms with Gasteiger partial charge in [0, 0.05) is 13.0 Å². The lowest BCUT2D eigenvalue weighted by molar-refractivity contribution is -0.896. The second-order valence-electron chi connectivity index (χ2n) is 3.29. The van der Waals surface area contributed by atoms with Crippen molar-refractivity contribution in [3.63, 3.8) is 0 Å². The Labute approximate surface area is 75.6 Å². The summed E-state index contributed by atoms with van der Waals surface area (Å²) in [5.41, 5.74) is 0. The van der Waals surface area contributed by atoms with Gasteiger partial charge in [-0.05, 0) is 7.05 Å². The highest BCUT2D eigenvalue weighted by molar-refractivity contribution is 6.50. The topological polar surface area (TPSA) is 7.68 Å². The zero-order valence-corrected chi connectivity index (χ0v) is 7.86. The van der Waals surface area contributed by atoms with Gasteiger partial charge in [0.2, 0.25) is 0 Å². The van der Waals surface area contributed by atoms with Crippen LogP contribution in [-0.2, 0) is 0 Å². The highest BCUT2D eigenvalue weighted by Gasteiger charge is 2.20. The van der Waals surface area contributed by atoms with Gasteiger partial charge < -0.3 is 22.2 Å². The van der Waals surface area contributed by atoms with Crippen molar-refractivity contribution in [2.75, 3.05) is 33.9 Å². The van der Waals surface area contributed by atoms with Crippen LogP contribution < -0.4 is 4.90 Å². The molecule has 0 spiro atoms. The Hall–Kier alpha value is -0.295. The highest BCUT2D eigenvalue weighted by Crippen LogP contribution is 2.06. The van der Waals surface area contributed by atoms with Crippen molar-refractivity contribution in [2.24, 2.45) is 0 Å². The van der Waals surface area contributed by atoms with Gasteiger partial charge in [-0.1, -0.05) is 0 Å². The van der Waals surface area contributed by atoms with E-state index in [1.54, 1.807) is 4.90 Å². The fourth-order valence-electron chi connectivity index (χ4n) is 1.27. The molecule has 1 heterocycles. The van der Waals surface area contributed by atoms with Crippen LogP contribution in [0.2, 0.25) is 0 Å². The third-order valence-corrected chi connectivity index (χ3v) is 1.68. The molecule has 80 valence electrons. The van der Waals surface area contributed by atoms with Crippen molar-refractivity contribution >= 4 is 7.25 Å². The lowest BCUT2D eigenvalue weighted by atomic mass is 10.3. The Morgan fingerprint density at radius 3 is 1.92 bits per heavy atom. The summed E-state index contributed by atoms with van der Waals surface area (Å²) in [5.74, 6) is 0. The Morgan fingerprint density at radius 2 is 1.69 bits per heavy atom. The van der Waals surface area contributed by atoms with Gasteiger partial charge in [0.1, 0.15) is 6.67 Å². The molecule has 1 atom stereocenters. The Morgan fingerprint density at radius 1 is 1.23 bits per heavy atom. The number of nitrogens with one attached hydrogen (secondary N) is 1. The normalized spacial score (nSPS) is 24.9. The molecule has 2 nitrogen and oxygen atoms in total. The molecule has 1 N–H and O–H groups in total. The van der Waals surface area contributed by atoms with Crippen molar-refractivity contribution < 1.29 is 22.2 Å². The van der Waals surface area contributed by atoms with Crippen LogP contribution in [0.5, 0.6) is 0 Å².